The van der Waals surface area contributed by atoms with E-state index in [1.165, 1.54) is 24.5 Å². The van der Waals surface area contributed by atoms with Crippen molar-refractivity contribution in [3.8, 4) is 0 Å². The van der Waals surface area contributed by atoms with Gasteiger partial charge in [0.2, 0.25) is 0 Å². The van der Waals surface area contributed by atoms with E-state index in [0.29, 0.717) is 18.1 Å². The number of aromatic nitrogens is 3. The highest BCUT2D eigenvalue weighted by molar-refractivity contribution is 7.90. The molecule has 0 fully saturated rings. The second-order valence-corrected chi connectivity index (χ2v) is 6.40. The third-order valence-electron chi connectivity index (χ3n) is 3.31. The van der Waals surface area contributed by atoms with Crippen LogP contribution in [0.2, 0.25) is 0 Å². The van der Waals surface area contributed by atoms with Gasteiger partial charge in [-0.2, -0.15) is 5.10 Å². The van der Waals surface area contributed by atoms with Crippen molar-refractivity contribution in [1.29, 1.82) is 0 Å². The Morgan fingerprint density at radius 1 is 1.33 bits per heavy atom. The molecule has 1 aromatic heterocycles. The molecule has 0 saturated heterocycles. The molecular formula is C12H13N5O3S. The molecule has 0 aliphatic carbocycles. The van der Waals surface area contributed by atoms with Crippen molar-refractivity contribution in [3.63, 3.8) is 0 Å². The first-order valence-corrected chi connectivity index (χ1v) is 7.72. The molecule has 0 radical (unpaired) electrons. The molecule has 1 aliphatic heterocycles. The molecule has 0 saturated carbocycles. The number of nitrogens with two attached hydrogens (primary N) is 1. The van der Waals surface area contributed by atoms with Crippen molar-refractivity contribution in [3.05, 3.63) is 35.9 Å². The summed E-state index contributed by atoms with van der Waals surface area (Å²) in [5, 5.41) is 3.97. The number of benzene rings is 1. The molecule has 0 atom stereocenters. The molecule has 9 heteroatoms. The highest BCUT2D eigenvalue weighted by Crippen LogP contribution is 2.32. The Balaban J connectivity index is 2.04. The number of hydrogen-bond donors (Lipinski definition) is 1. The van der Waals surface area contributed by atoms with Crippen LogP contribution in [0.1, 0.15) is 23.1 Å². The number of sulfonamides is 1. The van der Waals surface area contributed by atoms with Gasteiger partial charge in [0.25, 0.3) is 15.9 Å². The van der Waals surface area contributed by atoms with Crippen LogP contribution in [0.15, 0.2) is 29.4 Å². The molecule has 2 N–H and O–H groups in total. The van der Waals surface area contributed by atoms with Gasteiger partial charge in [-0.3, -0.25) is 4.79 Å². The van der Waals surface area contributed by atoms with Crippen LogP contribution in [0.4, 0.5) is 5.69 Å². The van der Waals surface area contributed by atoms with Crippen LogP contribution in [-0.2, 0) is 23.1 Å². The van der Waals surface area contributed by atoms with Crippen LogP contribution in [-0.4, -0.2) is 33.4 Å². The topological polar surface area (TPSA) is 111 Å². The summed E-state index contributed by atoms with van der Waals surface area (Å²) in [5.41, 5.74) is 6.06. The monoisotopic (exact) mass is 307 g/mol. The smallest absolute Gasteiger partial charge is 0.269 e. The Bertz CT molecular complexity index is 827. The van der Waals surface area contributed by atoms with Crippen LogP contribution in [0, 0.1) is 0 Å². The lowest BCUT2D eigenvalue weighted by Gasteiger charge is -2.14. The third-order valence-corrected chi connectivity index (χ3v) is 5.10. The fourth-order valence-electron chi connectivity index (χ4n) is 2.26. The highest BCUT2D eigenvalue weighted by atomic mass is 32.2. The van der Waals surface area contributed by atoms with Gasteiger partial charge in [0.15, 0.2) is 0 Å². The van der Waals surface area contributed by atoms with Crippen LogP contribution in [0.25, 0.3) is 0 Å². The van der Waals surface area contributed by atoms with Gasteiger partial charge in [0, 0.05) is 12.2 Å². The van der Waals surface area contributed by atoms with Gasteiger partial charge in [-0.05, 0) is 25.1 Å². The SMILES string of the molecule is CCn1ncnc1CN1C(=O)c2cc(N)ccc2S1(=O)=O. The number of aryl methyl sites for hydroxylation is 1. The summed E-state index contributed by atoms with van der Waals surface area (Å²) in [4.78, 5) is 16.3. The van der Waals surface area contributed by atoms with Crippen molar-refractivity contribution in [1.82, 2.24) is 19.1 Å². The van der Waals surface area contributed by atoms with E-state index in [-0.39, 0.29) is 17.0 Å². The average Bonchev–Trinajstić information content (AvgIpc) is 2.96. The first-order valence-electron chi connectivity index (χ1n) is 6.28. The van der Waals surface area contributed by atoms with Crippen molar-refractivity contribution < 1.29 is 13.2 Å². The van der Waals surface area contributed by atoms with Crippen LogP contribution in [0.5, 0.6) is 0 Å². The molecule has 2 heterocycles. The van der Waals surface area contributed by atoms with E-state index in [9.17, 15) is 13.2 Å². The number of hydrogen-bond acceptors (Lipinski definition) is 6. The minimum atomic E-state index is -3.87. The Kier molecular flexibility index (Phi) is 2.94. The van der Waals surface area contributed by atoms with Crippen LogP contribution >= 0.6 is 0 Å². The summed E-state index contributed by atoms with van der Waals surface area (Å²) in [6, 6.07) is 4.18. The molecule has 2 aromatic rings. The Morgan fingerprint density at radius 3 is 2.81 bits per heavy atom. The normalized spacial score (nSPS) is 16.2. The Morgan fingerprint density at radius 2 is 2.10 bits per heavy atom. The molecule has 0 unspecified atom stereocenters. The van der Waals surface area contributed by atoms with E-state index in [1.807, 2.05) is 6.92 Å². The average molecular weight is 307 g/mol. The quantitative estimate of drug-likeness (QED) is 0.812. The zero-order valence-electron chi connectivity index (χ0n) is 11.2. The molecule has 1 aromatic carbocycles. The number of carbonyl (C=O) groups excluding carboxylic acids is 1. The number of fused-ring (bicyclic) bond motifs is 1. The predicted octanol–water partition coefficient (Wildman–Crippen LogP) is 0.225. The molecular weight excluding hydrogens is 294 g/mol. The van der Waals surface area contributed by atoms with Gasteiger partial charge in [-0.25, -0.2) is 22.4 Å². The summed E-state index contributed by atoms with van der Waals surface area (Å²) in [6.07, 6.45) is 1.33. The van der Waals surface area contributed by atoms with Crippen LogP contribution in [0.3, 0.4) is 0 Å². The van der Waals surface area contributed by atoms with Crippen LogP contribution < -0.4 is 5.73 Å². The number of nitrogen functional groups attached to an aromatic ring is 1. The number of carbonyl (C=O) groups is 1. The van der Waals surface area contributed by atoms with Crippen molar-refractivity contribution in [2.75, 3.05) is 5.73 Å². The van der Waals surface area contributed by atoms with Gasteiger partial charge in [0.1, 0.15) is 17.0 Å². The third kappa shape index (κ3) is 1.97. The fourth-order valence-corrected chi connectivity index (χ4v) is 3.77. The fraction of sp³-hybridized carbons (Fsp3) is 0.250. The maximum atomic E-state index is 12.4. The second kappa shape index (κ2) is 4.55. The molecule has 3 rings (SSSR count). The number of rotatable bonds is 3. The van der Waals surface area contributed by atoms with E-state index < -0.39 is 15.9 Å². The summed E-state index contributed by atoms with van der Waals surface area (Å²) < 4.78 is 27.2. The van der Waals surface area contributed by atoms with E-state index >= 15 is 0 Å². The first-order chi connectivity index (χ1) is 9.95. The van der Waals surface area contributed by atoms with E-state index in [1.54, 1.807) is 4.68 Å². The Hall–Kier alpha value is -2.42. The molecule has 1 amide bonds. The first kappa shape index (κ1) is 13.6. The molecule has 8 nitrogen and oxygen atoms in total. The van der Waals surface area contributed by atoms with Crippen molar-refractivity contribution >= 4 is 21.6 Å². The standard InChI is InChI=1S/C12H13N5O3S/c1-2-16-11(14-7-15-16)6-17-12(18)9-5-8(13)3-4-10(9)21(17,19)20/h3-5,7H,2,6,13H2,1H3. The van der Waals surface area contributed by atoms with Gasteiger partial charge in [0.05, 0.1) is 12.1 Å². The van der Waals surface area contributed by atoms with Gasteiger partial charge >= 0.3 is 0 Å². The maximum Gasteiger partial charge on any atom is 0.269 e. The molecule has 0 bridgehead atoms. The summed E-state index contributed by atoms with van der Waals surface area (Å²) in [6.45, 7) is 2.24. The number of anilines is 1. The largest absolute Gasteiger partial charge is 0.399 e. The van der Waals surface area contributed by atoms with E-state index in [4.69, 9.17) is 5.73 Å². The molecule has 1 aliphatic rings. The summed E-state index contributed by atoms with van der Waals surface area (Å²) in [7, 11) is -3.87. The van der Waals surface area contributed by atoms with Crippen molar-refractivity contribution in [2.45, 2.75) is 24.9 Å². The number of nitrogens with zero attached hydrogens (tertiary/aromatic N) is 4. The minimum Gasteiger partial charge on any atom is -0.399 e. The minimum absolute atomic E-state index is 0.0238. The predicted molar refractivity (Wildman–Crippen MR) is 73.6 cm³/mol. The maximum absolute atomic E-state index is 12.4. The zero-order valence-corrected chi connectivity index (χ0v) is 12.0. The van der Waals surface area contributed by atoms with Gasteiger partial charge in [-0.1, -0.05) is 0 Å². The van der Waals surface area contributed by atoms with Gasteiger partial charge in [-0.15, -0.1) is 0 Å². The highest BCUT2D eigenvalue weighted by Gasteiger charge is 2.41. The summed E-state index contributed by atoms with van der Waals surface area (Å²) >= 11 is 0. The number of amides is 1. The van der Waals surface area contributed by atoms with Crippen molar-refractivity contribution in [2.24, 2.45) is 0 Å². The lowest BCUT2D eigenvalue weighted by molar-refractivity contribution is 0.0861. The zero-order chi connectivity index (χ0) is 15.2. The Labute approximate surface area is 121 Å². The van der Waals surface area contributed by atoms with Gasteiger partial charge < -0.3 is 5.73 Å². The van der Waals surface area contributed by atoms with E-state index in [2.05, 4.69) is 10.1 Å². The molecule has 110 valence electrons. The lowest BCUT2D eigenvalue weighted by atomic mass is 10.2. The molecule has 0 spiro atoms. The summed E-state index contributed by atoms with van der Waals surface area (Å²) in [5.74, 6) is -0.182. The van der Waals surface area contributed by atoms with E-state index in [0.717, 1.165) is 4.31 Å². The molecule has 21 heavy (non-hydrogen) atoms. The second-order valence-electron chi connectivity index (χ2n) is 4.56. The lowest BCUT2D eigenvalue weighted by Crippen LogP contribution is -2.30.